The van der Waals surface area contributed by atoms with Crippen molar-refractivity contribution in [3.05, 3.63) is 29.3 Å². The number of benzene rings is 1. The van der Waals surface area contributed by atoms with Gasteiger partial charge in [-0.05, 0) is 43.5 Å². The maximum Gasteiger partial charge on any atom is 0.251 e. The molecule has 1 amide bonds. The number of nitrogens with one attached hydrogen (secondary N) is 1. The number of hydrogen-bond donors (Lipinski definition) is 3. The van der Waals surface area contributed by atoms with E-state index in [0.717, 1.165) is 31.2 Å². The van der Waals surface area contributed by atoms with Crippen LogP contribution in [0.5, 0.6) is 5.75 Å². The Morgan fingerprint density at radius 1 is 1.39 bits per heavy atom. The average Bonchev–Trinajstić information content (AvgIpc) is 2.32. The van der Waals surface area contributed by atoms with Crippen LogP contribution in [0.2, 0.25) is 0 Å². The van der Waals surface area contributed by atoms with Crippen LogP contribution in [0.4, 0.5) is 0 Å². The van der Waals surface area contributed by atoms with Crippen molar-refractivity contribution < 1.29 is 9.90 Å². The van der Waals surface area contributed by atoms with Gasteiger partial charge < -0.3 is 16.2 Å². The Kier molecular flexibility index (Phi) is 3.87. The minimum atomic E-state index is -0.102. The van der Waals surface area contributed by atoms with E-state index in [2.05, 4.69) is 5.32 Å². The van der Waals surface area contributed by atoms with Gasteiger partial charge in [0.2, 0.25) is 0 Å². The molecule has 2 atom stereocenters. The van der Waals surface area contributed by atoms with E-state index in [1.54, 1.807) is 12.1 Å². The van der Waals surface area contributed by atoms with Gasteiger partial charge in [0.25, 0.3) is 5.91 Å². The monoisotopic (exact) mass is 248 g/mol. The topological polar surface area (TPSA) is 75.3 Å². The zero-order valence-electron chi connectivity index (χ0n) is 10.6. The van der Waals surface area contributed by atoms with E-state index in [0.29, 0.717) is 5.56 Å². The lowest BCUT2D eigenvalue weighted by Gasteiger charge is -2.29. The highest BCUT2D eigenvalue weighted by molar-refractivity contribution is 5.96. The Morgan fingerprint density at radius 3 is 2.78 bits per heavy atom. The van der Waals surface area contributed by atoms with E-state index < -0.39 is 0 Å². The van der Waals surface area contributed by atoms with Crippen molar-refractivity contribution in [2.45, 2.75) is 44.7 Å². The van der Waals surface area contributed by atoms with Gasteiger partial charge in [-0.25, -0.2) is 0 Å². The third-order valence-electron chi connectivity index (χ3n) is 3.59. The number of hydrogen-bond acceptors (Lipinski definition) is 3. The van der Waals surface area contributed by atoms with E-state index in [4.69, 9.17) is 5.73 Å². The average molecular weight is 248 g/mol. The second kappa shape index (κ2) is 5.40. The summed E-state index contributed by atoms with van der Waals surface area (Å²) in [5, 5.41) is 12.3. The Bertz CT molecular complexity index is 445. The molecule has 0 radical (unpaired) electrons. The number of carbonyl (C=O) groups is 1. The highest BCUT2D eigenvalue weighted by Crippen LogP contribution is 2.19. The summed E-state index contributed by atoms with van der Waals surface area (Å²) in [6.07, 6.45) is 4.18. The van der Waals surface area contributed by atoms with Crippen LogP contribution in [0.25, 0.3) is 0 Å². The third-order valence-corrected chi connectivity index (χ3v) is 3.59. The van der Waals surface area contributed by atoms with Crippen molar-refractivity contribution in [2.24, 2.45) is 5.73 Å². The molecular formula is C14H20N2O2. The summed E-state index contributed by atoms with van der Waals surface area (Å²) in [4.78, 5) is 12.1. The molecule has 1 aromatic rings. The molecule has 0 heterocycles. The van der Waals surface area contributed by atoms with E-state index in [9.17, 15) is 9.90 Å². The van der Waals surface area contributed by atoms with Crippen molar-refractivity contribution in [1.82, 2.24) is 5.32 Å². The lowest BCUT2D eigenvalue weighted by atomic mass is 9.90. The van der Waals surface area contributed by atoms with E-state index in [1.165, 1.54) is 6.07 Å². The van der Waals surface area contributed by atoms with E-state index in [-0.39, 0.29) is 23.7 Å². The van der Waals surface area contributed by atoms with Crippen LogP contribution in [0.1, 0.15) is 41.6 Å². The molecule has 0 saturated heterocycles. The first-order valence-electron chi connectivity index (χ1n) is 6.44. The largest absolute Gasteiger partial charge is 0.508 e. The number of amides is 1. The summed E-state index contributed by atoms with van der Waals surface area (Å²) in [7, 11) is 0. The van der Waals surface area contributed by atoms with Gasteiger partial charge in [0, 0.05) is 17.6 Å². The van der Waals surface area contributed by atoms with E-state index >= 15 is 0 Å². The molecule has 98 valence electrons. The summed E-state index contributed by atoms with van der Waals surface area (Å²) < 4.78 is 0. The van der Waals surface area contributed by atoms with Crippen molar-refractivity contribution in [1.29, 1.82) is 0 Å². The zero-order chi connectivity index (χ0) is 13.1. The summed E-state index contributed by atoms with van der Waals surface area (Å²) >= 11 is 0. The molecule has 1 saturated carbocycles. The summed E-state index contributed by atoms with van der Waals surface area (Å²) in [6, 6.07) is 4.90. The minimum Gasteiger partial charge on any atom is -0.508 e. The molecule has 1 fully saturated rings. The summed E-state index contributed by atoms with van der Waals surface area (Å²) in [5.74, 6) is 0.0771. The number of nitrogens with two attached hydrogens (primary N) is 1. The molecule has 0 spiro atoms. The second-order valence-corrected chi connectivity index (χ2v) is 5.03. The first kappa shape index (κ1) is 12.9. The minimum absolute atomic E-state index is 0.0557. The quantitative estimate of drug-likeness (QED) is 0.745. The molecule has 1 aliphatic rings. The standard InChI is InChI=1S/C14H20N2O2/c1-9-8-10(17)6-7-11(9)14(18)16-13-5-3-2-4-12(13)15/h6-8,12-13,17H,2-5,15H2,1H3,(H,16,18). The Morgan fingerprint density at radius 2 is 2.11 bits per heavy atom. The van der Waals surface area contributed by atoms with Gasteiger partial charge in [0.05, 0.1) is 0 Å². The van der Waals surface area contributed by atoms with Crippen LogP contribution in [0.3, 0.4) is 0 Å². The smallest absolute Gasteiger partial charge is 0.251 e. The SMILES string of the molecule is Cc1cc(O)ccc1C(=O)NC1CCCCC1N. The third kappa shape index (κ3) is 2.82. The second-order valence-electron chi connectivity index (χ2n) is 5.03. The number of aromatic hydroxyl groups is 1. The molecule has 4 N–H and O–H groups in total. The van der Waals surface area contributed by atoms with Gasteiger partial charge in [-0.2, -0.15) is 0 Å². The number of carbonyl (C=O) groups excluding carboxylic acids is 1. The molecule has 1 aromatic carbocycles. The molecular weight excluding hydrogens is 228 g/mol. The predicted molar refractivity (Wildman–Crippen MR) is 70.5 cm³/mol. The van der Waals surface area contributed by atoms with Crippen LogP contribution in [0, 0.1) is 6.92 Å². The Labute approximate surface area is 107 Å². The van der Waals surface area contributed by atoms with Crippen molar-refractivity contribution in [2.75, 3.05) is 0 Å². The number of rotatable bonds is 2. The van der Waals surface area contributed by atoms with Crippen LogP contribution in [-0.4, -0.2) is 23.1 Å². The first-order chi connectivity index (χ1) is 8.58. The highest BCUT2D eigenvalue weighted by Gasteiger charge is 2.24. The number of phenols is 1. The predicted octanol–water partition coefficient (Wildman–Crippen LogP) is 1.70. The maximum atomic E-state index is 12.1. The molecule has 2 unspecified atom stereocenters. The lowest BCUT2D eigenvalue weighted by molar-refractivity contribution is 0.0920. The van der Waals surface area contributed by atoms with Gasteiger partial charge in [0.1, 0.15) is 5.75 Å². The molecule has 2 rings (SSSR count). The summed E-state index contributed by atoms with van der Waals surface area (Å²) in [5.41, 5.74) is 7.39. The Hall–Kier alpha value is -1.55. The molecule has 0 aromatic heterocycles. The molecule has 18 heavy (non-hydrogen) atoms. The van der Waals surface area contributed by atoms with Crippen LogP contribution >= 0.6 is 0 Å². The summed E-state index contributed by atoms with van der Waals surface area (Å²) in [6.45, 7) is 1.81. The fourth-order valence-corrected chi connectivity index (χ4v) is 2.49. The fourth-order valence-electron chi connectivity index (χ4n) is 2.49. The molecule has 4 heteroatoms. The van der Waals surface area contributed by atoms with Gasteiger partial charge in [-0.3, -0.25) is 4.79 Å². The Balaban J connectivity index is 2.07. The van der Waals surface area contributed by atoms with Gasteiger partial charge >= 0.3 is 0 Å². The number of aryl methyl sites for hydroxylation is 1. The number of phenolic OH excluding ortho intramolecular Hbond substituents is 1. The molecule has 4 nitrogen and oxygen atoms in total. The normalized spacial score (nSPS) is 23.7. The molecule has 0 bridgehead atoms. The zero-order valence-corrected chi connectivity index (χ0v) is 10.6. The lowest BCUT2D eigenvalue weighted by Crippen LogP contribution is -2.49. The maximum absolute atomic E-state index is 12.1. The van der Waals surface area contributed by atoms with Crippen molar-refractivity contribution in [3.63, 3.8) is 0 Å². The molecule has 0 aliphatic heterocycles. The van der Waals surface area contributed by atoms with Crippen LogP contribution in [-0.2, 0) is 0 Å². The first-order valence-corrected chi connectivity index (χ1v) is 6.44. The van der Waals surface area contributed by atoms with Gasteiger partial charge in [-0.1, -0.05) is 12.8 Å². The van der Waals surface area contributed by atoms with Crippen LogP contribution in [0.15, 0.2) is 18.2 Å². The van der Waals surface area contributed by atoms with Crippen molar-refractivity contribution in [3.8, 4) is 5.75 Å². The highest BCUT2D eigenvalue weighted by atomic mass is 16.3. The van der Waals surface area contributed by atoms with Gasteiger partial charge in [0.15, 0.2) is 0 Å². The van der Waals surface area contributed by atoms with E-state index in [1.807, 2.05) is 6.92 Å². The van der Waals surface area contributed by atoms with Crippen LogP contribution < -0.4 is 11.1 Å². The molecule has 1 aliphatic carbocycles. The van der Waals surface area contributed by atoms with Crippen molar-refractivity contribution >= 4 is 5.91 Å². The fraction of sp³-hybridized carbons (Fsp3) is 0.500. The van der Waals surface area contributed by atoms with Gasteiger partial charge in [-0.15, -0.1) is 0 Å².